The molecule has 0 bridgehead atoms. The van der Waals surface area contributed by atoms with Gasteiger partial charge in [-0.25, -0.2) is 10.4 Å². The maximum absolute atomic E-state index is 12.4. The Kier molecular flexibility index (Phi) is 4.59. The van der Waals surface area contributed by atoms with Gasteiger partial charge in [-0.3, -0.25) is 4.79 Å². The maximum atomic E-state index is 12.4. The highest BCUT2D eigenvalue weighted by Gasteiger charge is 2.30. The number of aromatic nitrogens is 1. The van der Waals surface area contributed by atoms with E-state index in [2.05, 4.69) is 15.5 Å². The predicted molar refractivity (Wildman–Crippen MR) is 73.6 cm³/mol. The first-order chi connectivity index (χ1) is 9.86. The van der Waals surface area contributed by atoms with Gasteiger partial charge in [0.05, 0.1) is 16.7 Å². The average Bonchev–Trinajstić information content (AvgIpc) is 2.83. The van der Waals surface area contributed by atoms with Crippen LogP contribution < -0.4 is 5.43 Å². The first-order valence-electron chi connectivity index (χ1n) is 5.48. The van der Waals surface area contributed by atoms with Gasteiger partial charge in [-0.05, 0) is 24.3 Å². The number of rotatable bonds is 3. The van der Waals surface area contributed by atoms with Gasteiger partial charge < -0.3 is 0 Å². The molecule has 1 N–H and O–H groups in total. The molecule has 0 saturated heterocycles. The Morgan fingerprint density at radius 2 is 2.00 bits per heavy atom. The van der Waals surface area contributed by atoms with Crippen LogP contribution in [0.1, 0.15) is 20.8 Å². The zero-order valence-electron chi connectivity index (χ0n) is 10.2. The van der Waals surface area contributed by atoms with E-state index in [4.69, 9.17) is 11.6 Å². The number of nitrogens with one attached hydrogen (secondary N) is 1. The van der Waals surface area contributed by atoms with E-state index in [0.29, 0.717) is 9.34 Å². The second-order valence-electron chi connectivity index (χ2n) is 3.79. The molecule has 9 heteroatoms. The van der Waals surface area contributed by atoms with Crippen LogP contribution in [0.5, 0.6) is 0 Å². The second kappa shape index (κ2) is 6.23. The van der Waals surface area contributed by atoms with Crippen molar-refractivity contribution in [2.45, 2.75) is 6.18 Å². The highest BCUT2D eigenvalue weighted by molar-refractivity contribution is 7.17. The highest BCUT2D eigenvalue weighted by atomic mass is 35.5. The van der Waals surface area contributed by atoms with Gasteiger partial charge in [-0.1, -0.05) is 11.6 Å². The molecule has 1 heterocycles. The lowest BCUT2D eigenvalue weighted by molar-refractivity contribution is -0.137. The van der Waals surface area contributed by atoms with E-state index >= 15 is 0 Å². The number of carbonyl (C=O) groups is 1. The SMILES string of the molecule is O=C(N/N=C/c1cnc(Cl)s1)c1ccc(C(F)(F)F)cc1. The molecule has 0 aliphatic rings. The van der Waals surface area contributed by atoms with Crippen molar-refractivity contribution in [1.29, 1.82) is 0 Å². The van der Waals surface area contributed by atoms with E-state index in [1.54, 1.807) is 0 Å². The molecule has 110 valence electrons. The maximum Gasteiger partial charge on any atom is 0.416 e. The monoisotopic (exact) mass is 333 g/mol. The number of benzene rings is 1. The molecule has 1 aromatic heterocycles. The van der Waals surface area contributed by atoms with E-state index in [0.717, 1.165) is 24.3 Å². The molecule has 0 radical (unpaired) electrons. The number of thiazole rings is 1. The zero-order chi connectivity index (χ0) is 15.5. The van der Waals surface area contributed by atoms with Gasteiger partial charge >= 0.3 is 6.18 Å². The van der Waals surface area contributed by atoms with Gasteiger partial charge in [0.25, 0.3) is 5.91 Å². The quantitative estimate of drug-likeness (QED) is 0.689. The number of halogens is 4. The summed E-state index contributed by atoms with van der Waals surface area (Å²) in [4.78, 5) is 16.1. The number of amides is 1. The Balaban J connectivity index is 1.99. The summed E-state index contributed by atoms with van der Waals surface area (Å²) in [6.45, 7) is 0. The number of alkyl halides is 3. The first-order valence-corrected chi connectivity index (χ1v) is 6.68. The van der Waals surface area contributed by atoms with Gasteiger partial charge in [-0.15, -0.1) is 11.3 Å². The Morgan fingerprint density at radius 1 is 1.33 bits per heavy atom. The van der Waals surface area contributed by atoms with Gasteiger partial charge in [0.2, 0.25) is 0 Å². The van der Waals surface area contributed by atoms with Crippen LogP contribution in [0.4, 0.5) is 13.2 Å². The lowest BCUT2D eigenvalue weighted by Gasteiger charge is -2.06. The Labute approximate surface area is 126 Å². The summed E-state index contributed by atoms with van der Waals surface area (Å²) >= 11 is 6.78. The minimum absolute atomic E-state index is 0.0717. The molecule has 2 rings (SSSR count). The second-order valence-corrected chi connectivity index (χ2v) is 5.43. The van der Waals surface area contributed by atoms with Crippen molar-refractivity contribution in [3.63, 3.8) is 0 Å². The van der Waals surface area contributed by atoms with Crippen LogP contribution in [-0.2, 0) is 6.18 Å². The Hall–Kier alpha value is -1.93. The molecule has 0 atom stereocenters. The van der Waals surface area contributed by atoms with Crippen LogP contribution in [0.2, 0.25) is 4.47 Å². The summed E-state index contributed by atoms with van der Waals surface area (Å²) in [5, 5.41) is 3.67. The molecule has 21 heavy (non-hydrogen) atoms. The molecule has 0 unspecified atom stereocenters. The summed E-state index contributed by atoms with van der Waals surface area (Å²) in [5.74, 6) is -0.615. The average molecular weight is 334 g/mol. The fourth-order valence-electron chi connectivity index (χ4n) is 1.35. The molecular formula is C12H7ClF3N3OS. The summed E-state index contributed by atoms with van der Waals surface area (Å²) in [5.41, 5.74) is 1.45. The van der Waals surface area contributed by atoms with Crippen molar-refractivity contribution in [3.05, 3.63) is 50.9 Å². The molecule has 0 fully saturated rings. The van der Waals surface area contributed by atoms with Crippen LogP contribution >= 0.6 is 22.9 Å². The van der Waals surface area contributed by atoms with E-state index in [1.807, 2.05) is 0 Å². The van der Waals surface area contributed by atoms with Gasteiger partial charge in [0, 0.05) is 11.8 Å². The normalized spacial score (nSPS) is 11.8. The molecule has 0 aliphatic carbocycles. The lowest BCUT2D eigenvalue weighted by atomic mass is 10.1. The molecule has 4 nitrogen and oxygen atoms in total. The topological polar surface area (TPSA) is 54.4 Å². The smallest absolute Gasteiger partial charge is 0.267 e. The highest BCUT2D eigenvalue weighted by Crippen LogP contribution is 2.29. The van der Waals surface area contributed by atoms with Crippen LogP contribution in [0.15, 0.2) is 35.6 Å². The molecule has 0 spiro atoms. The van der Waals surface area contributed by atoms with Crippen LogP contribution in [0, 0.1) is 0 Å². The van der Waals surface area contributed by atoms with Crippen molar-refractivity contribution in [2.75, 3.05) is 0 Å². The third-order valence-electron chi connectivity index (χ3n) is 2.33. The summed E-state index contributed by atoms with van der Waals surface area (Å²) < 4.78 is 37.5. The standard InChI is InChI=1S/C12H7ClF3N3OS/c13-11-17-5-9(21-11)6-18-19-10(20)7-1-3-8(4-2-7)12(14,15)16/h1-6H,(H,19,20)/b18-6+. The van der Waals surface area contributed by atoms with Crippen LogP contribution in [0.3, 0.4) is 0 Å². The zero-order valence-corrected chi connectivity index (χ0v) is 11.8. The fraction of sp³-hybridized carbons (Fsp3) is 0.0833. The van der Waals surface area contributed by atoms with Crippen molar-refractivity contribution in [1.82, 2.24) is 10.4 Å². The molecule has 2 aromatic rings. The van der Waals surface area contributed by atoms with Crippen LogP contribution in [-0.4, -0.2) is 17.1 Å². The van der Waals surface area contributed by atoms with Crippen molar-refractivity contribution < 1.29 is 18.0 Å². The fourth-order valence-corrected chi connectivity index (χ4v) is 2.18. The number of nitrogens with zero attached hydrogens (tertiary/aromatic N) is 2. The molecule has 1 aromatic carbocycles. The summed E-state index contributed by atoms with van der Waals surface area (Å²) in [6.07, 6.45) is -1.62. The molecule has 0 saturated carbocycles. The minimum atomic E-state index is -4.43. The third-order valence-corrected chi connectivity index (χ3v) is 3.38. The van der Waals surface area contributed by atoms with E-state index in [-0.39, 0.29) is 5.56 Å². The lowest BCUT2D eigenvalue weighted by Crippen LogP contribution is -2.17. The van der Waals surface area contributed by atoms with Crippen molar-refractivity contribution >= 4 is 35.1 Å². The van der Waals surface area contributed by atoms with E-state index < -0.39 is 17.6 Å². The number of hydrogen-bond donors (Lipinski definition) is 1. The Bertz CT molecular complexity index is 667. The van der Waals surface area contributed by atoms with E-state index in [1.165, 1.54) is 23.7 Å². The molecular weight excluding hydrogens is 327 g/mol. The van der Waals surface area contributed by atoms with Crippen molar-refractivity contribution in [3.8, 4) is 0 Å². The summed E-state index contributed by atoms with van der Waals surface area (Å²) in [6, 6.07) is 3.83. The molecule has 1 amide bonds. The number of hydrazone groups is 1. The number of carbonyl (C=O) groups excluding carboxylic acids is 1. The third kappa shape index (κ3) is 4.27. The summed E-state index contributed by atoms with van der Waals surface area (Å²) in [7, 11) is 0. The van der Waals surface area contributed by atoms with Gasteiger partial charge in [-0.2, -0.15) is 18.3 Å². The minimum Gasteiger partial charge on any atom is -0.267 e. The first kappa shape index (κ1) is 15.5. The Morgan fingerprint density at radius 3 is 2.52 bits per heavy atom. The predicted octanol–water partition coefficient (Wildman–Crippen LogP) is 3.58. The number of hydrogen-bond acceptors (Lipinski definition) is 4. The van der Waals surface area contributed by atoms with Gasteiger partial charge in [0.1, 0.15) is 0 Å². The molecule has 0 aliphatic heterocycles. The van der Waals surface area contributed by atoms with Crippen LogP contribution in [0.25, 0.3) is 0 Å². The van der Waals surface area contributed by atoms with Crippen molar-refractivity contribution in [2.24, 2.45) is 5.10 Å². The van der Waals surface area contributed by atoms with E-state index in [9.17, 15) is 18.0 Å². The largest absolute Gasteiger partial charge is 0.416 e. The van der Waals surface area contributed by atoms with Gasteiger partial charge in [0.15, 0.2) is 4.47 Å².